The van der Waals surface area contributed by atoms with Crippen LogP contribution in [0, 0.1) is 0 Å². The first-order chi connectivity index (χ1) is 13.1. The molecule has 1 aliphatic heterocycles. The summed E-state index contributed by atoms with van der Waals surface area (Å²) >= 11 is 0. The van der Waals surface area contributed by atoms with Gasteiger partial charge in [-0.3, -0.25) is 14.6 Å². The number of carbonyl (C=O) groups excluding carboxylic acids is 2. The van der Waals surface area contributed by atoms with Crippen LogP contribution in [0.4, 0.5) is 5.69 Å². The van der Waals surface area contributed by atoms with Gasteiger partial charge in [0.1, 0.15) is 0 Å². The number of esters is 1. The summed E-state index contributed by atoms with van der Waals surface area (Å²) in [6.45, 7) is 3.71. The Morgan fingerprint density at radius 3 is 2.78 bits per heavy atom. The van der Waals surface area contributed by atoms with E-state index in [9.17, 15) is 9.59 Å². The second-order valence-corrected chi connectivity index (χ2v) is 6.82. The summed E-state index contributed by atoms with van der Waals surface area (Å²) in [4.78, 5) is 28.4. The van der Waals surface area contributed by atoms with Crippen LogP contribution in [0.5, 0.6) is 0 Å². The Hall–Kier alpha value is -2.95. The molecule has 1 aliphatic rings. The summed E-state index contributed by atoms with van der Waals surface area (Å²) in [6, 6.07) is 9.52. The van der Waals surface area contributed by atoms with E-state index in [1.165, 1.54) is 0 Å². The summed E-state index contributed by atoms with van der Waals surface area (Å²) < 4.78 is 5.16. The number of unbranched alkanes of at least 4 members (excludes halogenated alkanes) is 2. The van der Waals surface area contributed by atoms with Crippen molar-refractivity contribution in [2.75, 3.05) is 5.32 Å². The molecule has 0 aliphatic carbocycles. The standard InChI is InChI=1S/C22H24N2O3/c1-15(2)27-21(25)11-5-3-4-8-16-17-9-6-7-10-20(17)24-22(26)18-12-13-23-14-19(16)18/h6-10,12-15H,3-5,11H2,1-2H3,(H,24,26). The summed E-state index contributed by atoms with van der Waals surface area (Å²) in [5.41, 5.74) is 4.23. The lowest BCUT2D eigenvalue weighted by molar-refractivity contribution is -0.147. The molecule has 2 heterocycles. The largest absolute Gasteiger partial charge is 0.463 e. The molecular formula is C22H24N2O3. The van der Waals surface area contributed by atoms with Crippen molar-refractivity contribution in [3.63, 3.8) is 0 Å². The van der Waals surface area contributed by atoms with Crippen LogP contribution in [-0.4, -0.2) is 23.0 Å². The van der Waals surface area contributed by atoms with Crippen LogP contribution in [0.15, 0.2) is 48.8 Å². The molecule has 27 heavy (non-hydrogen) atoms. The number of hydrogen-bond donors (Lipinski definition) is 1. The first-order valence-electron chi connectivity index (χ1n) is 9.31. The molecular weight excluding hydrogens is 340 g/mol. The number of aromatic nitrogens is 1. The molecule has 1 N–H and O–H groups in total. The maximum absolute atomic E-state index is 12.5. The predicted octanol–water partition coefficient (Wildman–Crippen LogP) is 4.59. The first kappa shape index (κ1) is 18.8. The Morgan fingerprint density at radius 1 is 1.15 bits per heavy atom. The van der Waals surface area contributed by atoms with E-state index in [-0.39, 0.29) is 18.0 Å². The highest BCUT2D eigenvalue weighted by Crippen LogP contribution is 2.35. The van der Waals surface area contributed by atoms with Crippen LogP contribution < -0.4 is 5.32 Å². The normalized spacial score (nSPS) is 14.3. The van der Waals surface area contributed by atoms with E-state index >= 15 is 0 Å². The van der Waals surface area contributed by atoms with Gasteiger partial charge in [-0.1, -0.05) is 24.3 Å². The fourth-order valence-corrected chi connectivity index (χ4v) is 3.17. The second kappa shape index (κ2) is 8.62. The van der Waals surface area contributed by atoms with Crippen molar-refractivity contribution in [2.24, 2.45) is 0 Å². The quantitative estimate of drug-likeness (QED) is 0.601. The molecule has 5 nitrogen and oxygen atoms in total. The van der Waals surface area contributed by atoms with Crippen molar-refractivity contribution in [2.45, 2.75) is 45.6 Å². The molecule has 140 valence electrons. The SMILES string of the molecule is CC(C)OC(=O)CCCCC=C1c2ccccc2NC(=O)c2ccncc21. The molecule has 0 atom stereocenters. The average molecular weight is 364 g/mol. The molecule has 0 radical (unpaired) electrons. The minimum Gasteiger partial charge on any atom is -0.463 e. The van der Waals surface area contributed by atoms with Crippen LogP contribution in [0.3, 0.4) is 0 Å². The van der Waals surface area contributed by atoms with Crippen molar-refractivity contribution in [1.82, 2.24) is 4.98 Å². The van der Waals surface area contributed by atoms with Crippen molar-refractivity contribution in [3.8, 4) is 0 Å². The number of nitrogens with zero attached hydrogens (tertiary/aromatic N) is 1. The molecule has 0 fully saturated rings. The van der Waals surface area contributed by atoms with Crippen LogP contribution in [0.2, 0.25) is 0 Å². The Bertz CT molecular complexity index is 871. The third kappa shape index (κ3) is 4.61. The summed E-state index contributed by atoms with van der Waals surface area (Å²) in [6.07, 6.45) is 8.31. The van der Waals surface area contributed by atoms with Gasteiger partial charge in [0.2, 0.25) is 0 Å². The number of ether oxygens (including phenoxy) is 1. The zero-order valence-electron chi connectivity index (χ0n) is 15.7. The number of hydrogen-bond acceptors (Lipinski definition) is 4. The highest BCUT2D eigenvalue weighted by molar-refractivity contribution is 6.12. The van der Waals surface area contributed by atoms with Gasteiger partial charge in [0.05, 0.1) is 11.7 Å². The van der Waals surface area contributed by atoms with Crippen molar-refractivity contribution < 1.29 is 14.3 Å². The van der Waals surface area contributed by atoms with Gasteiger partial charge in [0.15, 0.2) is 0 Å². The van der Waals surface area contributed by atoms with Gasteiger partial charge in [0, 0.05) is 35.6 Å². The number of rotatable bonds is 6. The van der Waals surface area contributed by atoms with Crippen molar-refractivity contribution in [1.29, 1.82) is 0 Å². The van der Waals surface area contributed by atoms with Crippen LogP contribution in [0.1, 0.15) is 61.0 Å². The molecule has 3 rings (SSSR count). The van der Waals surface area contributed by atoms with Gasteiger partial charge in [0.25, 0.3) is 5.91 Å². The minimum absolute atomic E-state index is 0.0730. The lowest BCUT2D eigenvalue weighted by Gasteiger charge is -2.10. The van der Waals surface area contributed by atoms with Gasteiger partial charge >= 0.3 is 5.97 Å². The van der Waals surface area contributed by atoms with E-state index in [2.05, 4.69) is 16.4 Å². The van der Waals surface area contributed by atoms with Gasteiger partial charge < -0.3 is 10.1 Å². The third-order valence-corrected chi connectivity index (χ3v) is 4.37. The number of para-hydroxylation sites is 1. The Morgan fingerprint density at radius 2 is 1.96 bits per heavy atom. The van der Waals surface area contributed by atoms with E-state index in [0.29, 0.717) is 12.0 Å². The second-order valence-electron chi connectivity index (χ2n) is 6.82. The maximum Gasteiger partial charge on any atom is 0.306 e. The number of fused-ring (bicyclic) bond motifs is 2. The number of anilines is 1. The lowest BCUT2D eigenvalue weighted by Crippen LogP contribution is -2.11. The molecule has 2 aromatic rings. The molecule has 0 spiro atoms. The number of benzene rings is 1. The van der Waals surface area contributed by atoms with E-state index in [1.807, 2.05) is 38.1 Å². The van der Waals surface area contributed by atoms with E-state index in [4.69, 9.17) is 4.74 Å². The van der Waals surface area contributed by atoms with E-state index in [1.54, 1.807) is 18.5 Å². The number of amides is 1. The molecule has 1 aromatic carbocycles. The Balaban J connectivity index is 1.78. The van der Waals surface area contributed by atoms with Crippen LogP contribution in [-0.2, 0) is 9.53 Å². The zero-order valence-corrected chi connectivity index (χ0v) is 15.7. The van der Waals surface area contributed by atoms with Gasteiger partial charge in [-0.2, -0.15) is 0 Å². The molecule has 5 heteroatoms. The molecule has 1 amide bonds. The van der Waals surface area contributed by atoms with Gasteiger partial charge in [-0.15, -0.1) is 0 Å². The number of allylic oxidation sites excluding steroid dienone is 1. The summed E-state index contributed by atoms with van der Waals surface area (Å²) in [5.74, 6) is -0.276. The molecule has 0 saturated heterocycles. The van der Waals surface area contributed by atoms with Crippen molar-refractivity contribution in [3.05, 3.63) is 65.5 Å². The summed E-state index contributed by atoms with van der Waals surface area (Å²) in [7, 11) is 0. The maximum atomic E-state index is 12.5. The highest BCUT2D eigenvalue weighted by Gasteiger charge is 2.22. The summed E-state index contributed by atoms with van der Waals surface area (Å²) in [5, 5.41) is 2.97. The Labute approximate surface area is 159 Å². The van der Waals surface area contributed by atoms with E-state index in [0.717, 1.165) is 41.6 Å². The molecule has 1 aromatic heterocycles. The Kier molecular flexibility index (Phi) is 6.01. The minimum atomic E-state index is -0.151. The zero-order chi connectivity index (χ0) is 19.2. The molecule has 0 bridgehead atoms. The number of carbonyl (C=O) groups is 2. The average Bonchev–Trinajstić information content (AvgIpc) is 2.76. The number of pyridine rings is 1. The number of nitrogens with one attached hydrogen (secondary N) is 1. The smallest absolute Gasteiger partial charge is 0.306 e. The fraction of sp³-hybridized carbons (Fsp3) is 0.318. The van der Waals surface area contributed by atoms with Crippen LogP contribution >= 0.6 is 0 Å². The molecule has 0 unspecified atom stereocenters. The van der Waals surface area contributed by atoms with Crippen LogP contribution in [0.25, 0.3) is 5.57 Å². The first-order valence-corrected chi connectivity index (χ1v) is 9.31. The molecule has 0 saturated carbocycles. The lowest BCUT2D eigenvalue weighted by atomic mass is 9.94. The van der Waals surface area contributed by atoms with E-state index < -0.39 is 0 Å². The van der Waals surface area contributed by atoms with Crippen molar-refractivity contribution >= 4 is 23.1 Å². The predicted molar refractivity (Wildman–Crippen MR) is 105 cm³/mol. The topological polar surface area (TPSA) is 68.3 Å². The monoisotopic (exact) mass is 364 g/mol. The van der Waals surface area contributed by atoms with Gasteiger partial charge in [-0.05, 0) is 50.8 Å². The third-order valence-electron chi connectivity index (χ3n) is 4.37. The highest BCUT2D eigenvalue weighted by atomic mass is 16.5. The van der Waals surface area contributed by atoms with Gasteiger partial charge in [-0.25, -0.2) is 0 Å². The fourth-order valence-electron chi connectivity index (χ4n) is 3.17.